The molecule has 0 saturated heterocycles. The van der Waals surface area contributed by atoms with Gasteiger partial charge in [0.05, 0.1) is 10.4 Å². The Morgan fingerprint density at radius 1 is 1.75 bits per heavy atom. The Morgan fingerprint density at radius 3 is 1.88 bits per heavy atom. The van der Waals surface area contributed by atoms with Gasteiger partial charge in [-0.25, -0.2) is 4.79 Å². The fourth-order valence-electron chi connectivity index (χ4n) is 0. The lowest BCUT2D eigenvalue weighted by Gasteiger charge is -1.64. The van der Waals surface area contributed by atoms with Gasteiger partial charge >= 0.3 is 5.97 Å². The number of aliphatic carboxylic acids is 1. The molecule has 0 aliphatic rings. The van der Waals surface area contributed by atoms with Gasteiger partial charge in [-0.15, -0.1) is 12.4 Å². The molecule has 0 radical (unpaired) electrons. The van der Waals surface area contributed by atoms with Gasteiger partial charge in [0.2, 0.25) is 0 Å². The first kappa shape index (κ1) is 15.6. The molecule has 0 unspecified atom stereocenters. The minimum absolute atomic E-state index is 0. The molecule has 0 aromatic rings. The molecule has 0 aromatic heterocycles. The van der Waals surface area contributed by atoms with Gasteiger partial charge in [0.15, 0.2) is 0 Å². The van der Waals surface area contributed by atoms with Crippen molar-refractivity contribution in [1.29, 1.82) is 0 Å². The molecule has 0 rings (SSSR count). The molecular weight excluding hydrogens is 146 g/mol. The van der Waals surface area contributed by atoms with Gasteiger partial charge in [0.25, 0.3) is 0 Å². The van der Waals surface area contributed by atoms with E-state index < -0.39 is 5.97 Å². The van der Waals surface area contributed by atoms with Crippen molar-refractivity contribution >= 4 is 28.8 Å². The zero-order valence-corrected chi connectivity index (χ0v) is 7.44. The van der Waals surface area contributed by atoms with Crippen molar-refractivity contribution in [2.75, 3.05) is 0 Å². The summed E-state index contributed by atoms with van der Waals surface area (Å²) in [4.78, 5) is 9.25. The van der Waals surface area contributed by atoms with E-state index in [0.717, 1.165) is 16.5 Å². The Morgan fingerprint density at radius 2 is 1.88 bits per heavy atom. The minimum atomic E-state index is -0.981. The summed E-state index contributed by atoms with van der Waals surface area (Å²) in [5, 5.41) is 12.2. The minimum Gasteiger partial charge on any atom is -0.478 e. The van der Waals surface area contributed by atoms with Crippen LogP contribution < -0.4 is 5.40 Å². The van der Waals surface area contributed by atoms with Gasteiger partial charge in [-0.1, -0.05) is 6.58 Å². The van der Waals surface area contributed by atoms with E-state index in [1.54, 1.807) is 0 Å². The van der Waals surface area contributed by atoms with Crippen LogP contribution in [0.2, 0.25) is 0 Å². The molecule has 0 heterocycles. The lowest BCUT2D eigenvalue weighted by Crippen LogP contribution is -1.82. The second-order valence-corrected chi connectivity index (χ2v) is 0.542. The summed E-state index contributed by atoms with van der Waals surface area (Å²) in [7, 11) is 0.806. The molecule has 5 heteroatoms. The van der Waals surface area contributed by atoms with Crippen LogP contribution >= 0.6 is 12.4 Å². The number of carbonyl (C=O) groups is 1. The highest BCUT2D eigenvalue weighted by atomic mass is 35.5. The molecule has 0 atom stereocenters. The number of rotatable bonds is 1. The van der Waals surface area contributed by atoms with Crippen molar-refractivity contribution in [3.63, 3.8) is 0 Å². The van der Waals surface area contributed by atoms with E-state index in [-0.39, 0.29) is 12.4 Å². The molecular formula is C3H10ClNO2Si. The van der Waals surface area contributed by atoms with Crippen molar-refractivity contribution in [3.8, 4) is 0 Å². The Bertz CT molecular complexity index is 68.3. The standard InChI is InChI=1S/C3H4O2.ClH.H5NSi/c1-2-3(4)5;;1-2/h2H,1H2,(H,4,5);1H;1H2,2H3. The van der Waals surface area contributed by atoms with Crippen LogP contribution in [0.1, 0.15) is 0 Å². The molecule has 0 amide bonds. The summed E-state index contributed by atoms with van der Waals surface area (Å²) in [6.07, 6.45) is 0.833. The van der Waals surface area contributed by atoms with Crippen LogP contribution in [0.4, 0.5) is 0 Å². The van der Waals surface area contributed by atoms with E-state index in [2.05, 4.69) is 12.0 Å². The normalized spacial score (nSPS) is 5.12. The highest BCUT2D eigenvalue weighted by molar-refractivity contribution is 6.02. The van der Waals surface area contributed by atoms with Crippen LogP contribution in [0.15, 0.2) is 12.7 Å². The Hall–Kier alpha value is -0.323. The summed E-state index contributed by atoms with van der Waals surface area (Å²) in [6.45, 7) is 2.96. The molecule has 3 nitrogen and oxygen atoms in total. The summed E-state index contributed by atoms with van der Waals surface area (Å²) >= 11 is 0. The first-order valence-electron chi connectivity index (χ1n) is 1.70. The Labute approximate surface area is 57.5 Å². The molecule has 0 bridgehead atoms. The number of nitrogens with two attached hydrogens (primary N) is 1. The van der Waals surface area contributed by atoms with Crippen LogP contribution in [0, 0.1) is 0 Å². The molecule has 0 spiro atoms. The lowest BCUT2D eigenvalue weighted by molar-refractivity contribution is -0.131. The molecule has 0 aromatic carbocycles. The summed E-state index contributed by atoms with van der Waals surface area (Å²) in [5.74, 6) is -0.981. The van der Waals surface area contributed by atoms with Gasteiger partial charge in [0, 0.05) is 6.08 Å². The maximum absolute atomic E-state index is 9.25. The van der Waals surface area contributed by atoms with Crippen LogP contribution in [0.3, 0.4) is 0 Å². The average molecular weight is 156 g/mol. The predicted octanol–water partition coefficient (Wildman–Crippen LogP) is -1.10. The Balaban J connectivity index is -0.0000000750. The number of carboxylic acid groups (broad SMARTS) is 1. The zero-order valence-electron chi connectivity index (χ0n) is 4.63. The SMILES string of the molecule is C=CC(=O)O.Cl.N[SiH3]. The first-order valence-corrected chi connectivity index (χ1v) is 2.86. The molecule has 0 aliphatic carbocycles. The van der Waals surface area contributed by atoms with E-state index in [4.69, 9.17) is 5.11 Å². The maximum Gasteiger partial charge on any atom is 0.327 e. The molecule has 0 saturated carbocycles. The number of hydrogen-bond donors (Lipinski definition) is 2. The molecule has 8 heavy (non-hydrogen) atoms. The highest BCUT2D eigenvalue weighted by Gasteiger charge is 1.73. The maximum atomic E-state index is 9.25. The fourth-order valence-corrected chi connectivity index (χ4v) is 0. The van der Waals surface area contributed by atoms with E-state index in [9.17, 15) is 4.79 Å². The third-order valence-electron chi connectivity index (χ3n) is 0.175. The third kappa shape index (κ3) is 44.2. The number of hydrogen-bond acceptors (Lipinski definition) is 2. The van der Waals surface area contributed by atoms with E-state index in [0.29, 0.717) is 0 Å². The van der Waals surface area contributed by atoms with Crippen LogP contribution in [0.5, 0.6) is 0 Å². The van der Waals surface area contributed by atoms with Gasteiger partial charge in [-0.2, -0.15) is 0 Å². The summed E-state index contributed by atoms with van der Waals surface area (Å²) in [5.41, 5.74) is 0. The van der Waals surface area contributed by atoms with Crippen molar-refractivity contribution < 1.29 is 9.90 Å². The largest absolute Gasteiger partial charge is 0.478 e. The van der Waals surface area contributed by atoms with Gasteiger partial charge in [-0.05, 0) is 0 Å². The molecule has 3 N–H and O–H groups in total. The van der Waals surface area contributed by atoms with Crippen LogP contribution in [-0.2, 0) is 4.79 Å². The highest BCUT2D eigenvalue weighted by Crippen LogP contribution is 1.54. The van der Waals surface area contributed by atoms with Gasteiger partial charge in [0.1, 0.15) is 0 Å². The van der Waals surface area contributed by atoms with Gasteiger partial charge in [-0.3, -0.25) is 0 Å². The van der Waals surface area contributed by atoms with Crippen LogP contribution in [-0.4, -0.2) is 21.5 Å². The van der Waals surface area contributed by atoms with Crippen molar-refractivity contribution in [3.05, 3.63) is 12.7 Å². The summed E-state index contributed by atoms with van der Waals surface area (Å²) < 4.78 is 0. The van der Waals surface area contributed by atoms with E-state index in [1.807, 2.05) is 0 Å². The van der Waals surface area contributed by atoms with Crippen molar-refractivity contribution in [1.82, 2.24) is 0 Å². The predicted molar refractivity (Wildman–Crippen MR) is 39.2 cm³/mol. The van der Waals surface area contributed by atoms with Crippen LogP contribution in [0.25, 0.3) is 0 Å². The van der Waals surface area contributed by atoms with E-state index >= 15 is 0 Å². The average Bonchev–Trinajstić information content (AvgIpc) is 1.73. The number of halogens is 1. The third-order valence-corrected chi connectivity index (χ3v) is 0.175. The zero-order chi connectivity index (χ0) is 6.28. The Kier molecular flexibility index (Phi) is 31.1. The quantitative estimate of drug-likeness (QED) is 0.374. The monoisotopic (exact) mass is 155 g/mol. The summed E-state index contributed by atoms with van der Waals surface area (Å²) in [6, 6.07) is 0. The lowest BCUT2D eigenvalue weighted by atomic mass is 10.7. The van der Waals surface area contributed by atoms with Crippen molar-refractivity contribution in [2.24, 2.45) is 5.40 Å². The first-order chi connectivity index (χ1) is 3.27. The van der Waals surface area contributed by atoms with Crippen molar-refractivity contribution in [2.45, 2.75) is 0 Å². The molecule has 0 aliphatic heterocycles. The smallest absolute Gasteiger partial charge is 0.327 e. The fraction of sp³-hybridized carbons (Fsp3) is 0. The van der Waals surface area contributed by atoms with Gasteiger partial charge < -0.3 is 10.5 Å². The number of carboxylic acids is 1. The topological polar surface area (TPSA) is 63.3 Å². The second-order valence-electron chi connectivity index (χ2n) is 0.542. The molecule has 0 fully saturated rings. The molecule has 50 valence electrons. The van der Waals surface area contributed by atoms with E-state index in [1.165, 1.54) is 0 Å². The second kappa shape index (κ2) is 15.9.